The monoisotopic (exact) mass is 841 g/mol. The van der Waals surface area contributed by atoms with Crippen molar-refractivity contribution in [1.82, 2.24) is 5.32 Å². The van der Waals surface area contributed by atoms with Gasteiger partial charge in [-0.3, -0.25) is 9.83 Å². The molecule has 1 amide bonds. The van der Waals surface area contributed by atoms with E-state index in [-0.39, 0.29) is 12.5 Å². The standard InChI is InChI=1S/C48H91NO10/c1-3-5-7-9-11-13-15-17-18-19-20-21-22-23-24-26-28-30-32-34-36-38-44(52)49-41(40-56-48-46(54)47(58-59-55)45(53)43(39-50)57-48)42(51)37-35-33-31-29-27-25-16-14-12-10-8-6-4-2/h17-18,35,37,41-43,45-48,50-51,53-55H,3-16,19-34,36,38-40H2,1-2H3,(H,49,52)/p-1/b18-17-,37-35+/t41-,42+,43?,45?,46?,47?,48?/m0/s1. The Morgan fingerprint density at radius 2 is 1.07 bits per heavy atom. The molecule has 0 saturated carbocycles. The van der Waals surface area contributed by atoms with E-state index in [0.29, 0.717) is 6.42 Å². The summed E-state index contributed by atoms with van der Waals surface area (Å²) in [6.07, 6.45) is 38.5. The predicted octanol–water partition coefficient (Wildman–Crippen LogP) is 9.52. The Morgan fingerprint density at radius 3 is 1.51 bits per heavy atom. The van der Waals surface area contributed by atoms with Crippen LogP contribution in [-0.4, -0.2) is 82.4 Å². The normalized spacial score (nSPS) is 20.8. The third-order valence-electron chi connectivity index (χ3n) is 11.6. The van der Waals surface area contributed by atoms with E-state index < -0.39 is 49.5 Å². The van der Waals surface area contributed by atoms with Crippen LogP contribution in [0.25, 0.3) is 0 Å². The van der Waals surface area contributed by atoms with Gasteiger partial charge in [0.1, 0.15) is 18.3 Å². The van der Waals surface area contributed by atoms with Crippen molar-refractivity contribution in [2.24, 2.45) is 0 Å². The molecule has 0 aromatic rings. The zero-order valence-electron chi connectivity index (χ0n) is 37.6. The van der Waals surface area contributed by atoms with Gasteiger partial charge in [0.2, 0.25) is 5.91 Å². The van der Waals surface area contributed by atoms with Gasteiger partial charge in [-0.15, -0.1) is 0 Å². The van der Waals surface area contributed by atoms with Crippen LogP contribution in [0.3, 0.4) is 0 Å². The number of nitrogens with one attached hydrogen (secondary N) is 1. The molecule has 1 aliphatic rings. The van der Waals surface area contributed by atoms with Gasteiger partial charge in [0.25, 0.3) is 0 Å². The largest absolute Gasteiger partial charge is 0.692 e. The Bertz CT molecular complexity index is 983. The zero-order chi connectivity index (χ0) is 43.0. The highest BCUT2D eigenvalue weighted by Crippen LogP contribution is 2.25. The van der Waals surface area contributed by atoms with Gasteiger partial charge in [-0.05, 0) is 44.9 Å². The minimum Gasteiger partial charge on any atom is -0.692 e. The Kier molecular flexibility index (Phi) is 38.3. The first-order valence-electron chi connectivity index (χ1n) is 24.4. The van der Waals surface area contributed by atoms with Gasteiger partial charge in [0.15, 0.2) is 12.4 Å². The maximum absolute atomic E-state index is 13.0. The molecular weight excluding hydrogens is 751 g/mol. The number of rotatable bonds is 42. The van der Waals surface area contributed by atoms with Crippen molar-refractivity contribution in [2.75, 3.05) is 13.2 Å². The summed E-state index contributed by atoms with van der Waals surface area (Å²) in [7, 11) is 0. The first-order valence-corrected chi connectivity index (χ1v) is 24.4. The molecule has 0 aromatic heterocycles. The Morgan fingerprint density at radius 1 is 0.644 bits per heavy atom. The van der Waals surface area contributed by atoms with Gasteiger partial charge in [-0.1, -0.05) is 192 Å². The lowest BCUT2D eigenvalue weighted by molar-refractivity contribution is -0.808. The van der Waals surface area contributed by atoms with Crippen molar-refractivity contribution in [3.8, 4) is 0 Å². The average Bonchev–Trinajstić information content (AvgIpc) is 3.23. The highest BCUT2D eigenvalue weighted by molar-refractivity contribution is 5.76. The Balaban J connectivity index is 2.37. The highest BCUT2D eigenvalue weighted by atomic mass is 17.5. The summed E-state index contributed by atoms with van der Waals surface area (Å²) < 4.78 is 11.3. The number of unbranched alkanes of at least 4 members (excludes halogenated alkanes) is 28. The zero-order valence-corrected chi connectivity index (χ0v) is 37.6. The fourth-order valence-corrected chi connectivity index (χ4v) is 7.77. The second-order valence-corrected chi connectivity index (χ2v) is 17.0. The SMILES string of the molecule is CCCCCCCC/C=C\CCCCCCCCCCCCCC(=O)N[C@@H](COC1OC(CO)C(O)C(OO[O-])C1O)[C@H](O)/C=C/CCCCCCCCCCCCC. The number of carbonyl (C=O) groups excluding carboxylic acids is 1. The highest BCUT2D eigenvalue weighted by Gasteiger charge is 2.46. The molecular formula is C48H90NO10-. The molecule has 0 spiro atoms. The molecule has 0 aromatic carbocycles. The summed E-state index contributed by atoms with van der Waals surface area (Å²) in [5.74, 6) is -0.209. The van der Waals surface area contributed by atoms with E-state index in [1.54, 1.807) is 6.08 Å². The minimum absolute atomic E-state index is 0.209. The quantitative estimate of drug-likeness (QED) is 0.0173. The van der Waals surface area contributed by atoms with E-state index in [9.17, 15) is 30.5 Å². The van der Waals surface area contributed by atoms with Crippen LogP contribution in [0.15, 0.2) is 24.3 Å². The van der Waals surface area contributed by atoms with Crippen LogP contribution in [0.4, 0.5) is 0 Å². The number of hydrogen-bond donors (Lipinski definition) is 5. The van der Waals surface area contributed by atoms with Crippen molar-refractivity contribution in [3.63, 3.8) is 0 Å². The minimum atomic E-state index is -1.64. The lowest BCUT2D eigenvalue weighted by atomic mass is 9.99. The number of amides is 1. The predicted molar refractivity (Wildman–Crippen MR) is 235 cm³/mol. The van der Waals surface area contributed by atoms with Crippen molar-refractivity contribution in [2.45, 2.75) is 262 Å². The van der Waals surface area contributed by atoms with Crippen molar-refractivity contribution in [3.05, 3.63) is 24.3 Å². The van der Waals surface area contributed by atoms with Crippen molar-refractivity contribution >= 4 is 5.91 Å². The van der Waals surface area contributed by atoms with Gasteiger partial charge < -0.3 is 40.5 Å². The molecule has 0 radical (unpaired) electrons. The van der Waals surface area contributed by atoms with Crippen LogP contribution in [0.5, 0.6) is 0 Å². The third kappa shape index (κ3) is 30.3. The second-order valence-electron chi connectivity index (χ2n) is 17.0. The molecule has 11 nitrogen and oxygen atoms in total. The Hall–Kier alpha value is -1.41. The van der Waals surface area contributed by atoms with Gasteiger partial charge >= 0.3 is 0 Å². The lowest BCUT2D eigenvalue weighted by Crippen LogP contribution is -2.61. The summed E-state index contributed by atoms with van der Waals surface area (Å²) in [6.45, 7) is 3.64. The molecule has 5 N–H and O–H groups in total. The summed E-state index contributed by atoms with van der Waals surface area (Å²) >= 11 is 0. The van der Waals surface area contributed by atoms with E-state index in [1.165, 1.54) is 161 Å². The maximum atomic E-state index is 13.0. The smallest absolute Gasteiger partial charge is 0.220 e. The molecule has 1 aliphatic heterocycles. The van der Waals surface area contributed by atoms with Crippen LogP contribution in [-0.2, 0) is 24.2 Å². The van der Waals surface area contributed by atoms with Crippen molar-refractivity contribution < 1.29 is 49.9 Å². The second kappa shape index (κ2) is 40.6. The number of aliphatic hydroxyl groups excluding tert-OH is 4. The van der Waals surface area contributed by atoms with Gasteiger partial charge in [-0.2, -0.15) is 0 Å². The summed E-state index contributed by atoms with van der Waals surface area (Å²) in [4.78, 5) is 17.5. The molecule has 11 heteroatoms. The van der Waals surface area contributed by atoms with Crippen LogP contribution >= 0.6 is 0 Å². The molecule has 7 atom stereocenters. The van der Waals surface area contributed by atoms with Gasteiger partial charge in [0.05, 0.1) is 25.4 Å². The first-order chi connectivity index (χ1) is 28.9. The topological polar surface area (TPSA) is 170 Å². The van der Waals surface area contributed by atoms with E-state index in [4.69, 9.17) is 9.47 Å². The van der Waals surface area contributed by atoms with E-state index in [1.807, 2.05) is 6.08 Å². The average molecular weight is 841 g/mol. The summed E-state index contributed by atoms with van der Waals surface area (Å²) in [6, 6.07) is -0.854. The molecule has 348 valence electrons. The number of carbonyl (C=O) groups is 1. The van der Waals surface area contributed by atoms with Gasteiger partial charge in [-0.25, -0.2) is 4.89 Å². The van der Waals surface area contributed by atoms with E-state index in [0.717, 1.165) is 38.5 Å². The van der Waals surface area contributed by atoms with Crippen molar-refractivity contribution in [1.29, 1.82) is 0 Å². The van der Waals surface area contributed by atoms with E-state index in [2.05, 4.69) is 41.2 Å². The molecule has 1 saturated heterocycles. The van der Waals surface area contributed by atoms with Gasteiger partial charge in [0, 0.05) is 6.42 Å². The van der Waals surface area contributed by atoms with Crippen LogP contribution in [0.2, 0.25) is 0 Å². The van der Waals surface area contributed by atoms with Crippen LogP contribution < -0.4 is 10.6 Å². The molecule has 1 fully saturated rings. The molecule has 1 heterocycles. The fraction of sp³-hybridized carbons (Fsp3) is 0.896. The molecule has 5 unspecified atom stereocenters. The Labute approximate surface area is 360 Å². The summed E-state index contributed by atoms with van der Waals surface area (Å²) in [5.41, 5.74) is 0. The fourth-order valence-electron chi connectivity index (χ4n) is 7.77. The molecule has 59 heavy (non-hydrogen) atoms. The summed E-state index contributed by atoms with van der Waals surface area (Å²) in [5, 5.41) is 58.6. The number of hydrogen-bond acceptors (Lipinski definition) is 10. The first kappa shape index (κ1) is 55.6. The lowest BCUT2D eigenvalue weighted by Gasteiger charge is -2.41. The number of aliphatic hydroxyl groups is 4. The maximum Gasteiger partial charge on any atom is 0.220 e. The number of ether oxygens (including phenoxy) is 2. The number of allylic oxidation sites excluding steroid dienone is 3. The molecule has 1 rings (SSSR count). The van der Waals surface area contributed by atoms with Crippen LogP contribution in [0, 0.1) is 0 Å². The van der Waals surface area contributed by atoms with Crippen LogP contribution in [0.1, 0.15) is 219 Å². The molecule has 0 aliphatic carbocycles. The van der Waals surface area contributed by atoms with E-state index >= 15 is 0 Å². The third-order valence-corrected chi connectivity index (χ3v) is 11.6. The molecule has 0 bridgehead atoms.